The number of nitrogens with zero attached hydrogens (tertiary/aromatic N) is 2. The fourth-order valence-electron chi connectivity index (χ4n) is 2.18. The molecule has 9 heteroatoms. The number of halogens is 1. The Morgan fingerprint density at radius 3 is 2.35 bits per heavy atom. The van der Waals surface area contributed by atoms with E-state index in [-0.39, 0.29) is 28.8 Å². The van der Waals surface area contributed by atoms with E-state index in [9.17, 15) is 17.6 Å². The molecule has 0 aliphatic rings. The van der Waals surface area contributed by atoms with Crippen molar-refractivity contribution < 1.29 is 22.0 Å². The summed E-state index contributed by atoms with van der Waals surface area (Å²) in [5.74, 6) is -0.687. The van der Waals surface area contributed by atoms with Gasteiger partial charge >= 0.3 is 6.01 Å². The van der Waals surface area contributed by atoms with Crippen LogP contribution in [0.2, 0.25) is 0 Å². The number of hydrogen-bond donors (Lipinski definition) is 1. The Balaban J connectivity index is 1.66. The van der Waals surface area contributed by atoms with E-state index in [0.717, 1.165) is 11.8 Å². The van der Waals surface area contributed by atoms with Crippen LogP contribution in [0.15, 0.2) is 57.8 Å². The Morgan fingerprint density at radius 2 is 1.73 bits per heavy atom. The smallest absolute Gasteiger partial charge is 0.322 e. The summed E-state index contributed by atoms with van der Waals surface area (Å²) in [6, 6.07) is 11.2. The minimum atomic E-state index is -3.25. The molecule has 3 aromatic rings. The Labute approximate surface area is 148 Å². The van der Waals surface area contributed by atoms with Crippen molar-refractivity contribution in [3.05, 3.63) is 71.4 Å². The van der Waals surface area contributed by atoms with Crippen molar-refractivity contribution in [2.75, 3.05) is 11.6 Å². The van der Waals surface area contributed by atoms with Gasteiger partial charge in [0, 0.05) is 11.8 Å². The first-order valence-electron chi connectivity index (χ1n) is 7.49. The largest absolute Gasteiger partial charge is 0.407 e. The number of rotatable bonds is 5. The van der Waals surface area contributed by atoms with Gasteiger partial charge < -0.3 is 4.42 Å². The molecule has 0 unspecified atom stereocenters. The van der Waals surface area contributed by atoms with Crippen LogP contribution in [0.25, 0.3) is 0 Å². The summed E-state index contributed by atoms with van der Waals surface area (Å²) in [5.41, 5.74) is 1.03. The van der Waals surface area contributed by atoms with Crippen LogP contribution in [0.3, 0.4) is 0 Å². The van der Waals surface area contributed by atoms with Crippen molar-refractivity contribution in [2.24, 2.45) is 0 Å². The van der Waals surface area contributed by atoms with E-state index >= 15 is 0 Å². The van der Waals surface area contributed by atoms with E-state index in [1.165, 1.54) is 36.4 Å². The number of hydrogen-bond acceptors (Lipinski definition) is 6. The molecule has 1 heterocycles. The highest BCUT2D eigenvalue weighted by Crippen LogP contribution is 2.15. The normalized spacial score (nSPS) is 11.3. The van der Waals surface area contributed by atoms with E-state index in [4.69, 9.17) is 4.42 Å². The monoisotopic (exact) mass is 375 g/mol. The Kier molecular flexibility index (Phi) is 4.81. The summed E-state index contributed by atoms with van der Waals surface area (Å²) >= 11 is 0. The molecule has 0 saturated carbocycles. The van der Waals surface area contributed by atoms with Crippen LogP contribution in [-0.4, -0.2) is 30.8 Å². The topological polar surface area (TPSA) is 102 Å². The summed E-state index contributed by atoms with van der Waals surface area (Å²) < 4.78 is 41.1. The first-order chi connectivity index (χ1) is 12.3. The molecule has 26 heavy (non-hydrogen) atoms. The van der Waals surface area contributed by atoms with Crippen LogP contribution in [0.4, 0.5) is 10.4 Å². The molecule has 0 bridgehead atoms. The average Bonchev–Trinajstić information content (AvgIpc) is 3.02. The summed E-state index contributed by atoms with van der Waals surface area (Å²) in [5, 5.41) is 10.00. The third-order valence-electron chi connectivity index (χ3n) is 3.50. The maximum absolute atomic E-state index is 12.9. The van der Waals surface area contributed by atoms with E-state index in [1.807, 2.05) is 0 Å². The van der Waals surface area contributed by atoms with Gasteiger partial charge in [-0.3, -0.25) is 10.1 Å². The number of anilines is 1. The van der Waals surface area contributed by atoms with Crippen molar-refractivity contribution in [3.63, 3.8) is 0 Å². The van der Waals surface area contributed by atoms with Crippen molar-refractivity contribution in [2.45, 2.75) is 11.3 Å². The Bertz CT molecular complexity index is 1030. The lowest BCUT2D eigenvalue weighted by Crippen LogP contribution is -2.12. The lowest BCUT2D eigenvalue weighted by molar-refractivity contribution is 0.102. The molecule has 0 aliphatic heterocycles. The highest BCUT2D eigenvalue weighted by molar-refractivity contribution is 7.90. The van der Waals surface area contributed by atoms with Crippen LogP contribution in [0.5, 0.6) is 0 Å². The quantitative estimate of drug-likeness (QED) is 0.735. The maximum Gasteiger partial charge on any atom is 0.322 e. The van der Waals surface area contributed by atoms with Crippen molar-refractivity contribution in [1.82, 2.24) is 10.2 Å². The van der Waals surface area contributed by atoms with Crippen LogP contribution >= 0.6 is 0 Å². The summed E-state index contributed by atoms with van der Waals surface area (Å²) in [4.78, 5) is 12.2. The minimum absolute atomic E-state index is 0.0814. The zero-order chi connectivity index (χ0) is 18.7. The van der Waals surface area contributed by atoms with Gasteiger partial charge in [-0.15, -0.1) is 5.10 Å². The van der Waals surface area contributed by atoms with Gasteiger partial charge in [-0.25, -0.2) is 12.8 Å². The number of carbonyl (C=O) groups is 1. The molecule has 0 atom stereocenters. The average molecular weight is 375 g/mol. The van der Waals surface area contributed by atoms with Crippen LogP contribution in [-0.2, 0) is 16.3 Å². The van der Waals surface area contributed by atoms with E-state index in [1.54, 1.807) is 12.1 Å². The SMILES string of the molecule is CS(=O)(=O)c1ccc(Cc2nnc(NC(=O)c3ccc(F)cc3)o2)cc1. The molecular weight excluding hydrogens is 361 g/mol. The van der Waals surface area contributed by atoms with Gasteiger partial charge in [-0.1, -0.05) is 17.2 Å². The van der Waals surface area contributed by atoms with Gasteiger partial charge in [0.05, 0.1) is 11.3 Å². The van der Waals surface area contributed by atoms with Gasteiger partial charge in [-0.05, 0) is 42.0 Å². The molecular formula is C17H14FN3O4S. The number of sulfone groups is 1. The second-order valence-corrected chi connectivity index (χ2v) is 7.57. The molecule has 3 rings (SSSR count). The Morgan fingerprint density at radius 1 is 1.08 bits per heavy atom. The predicted molar refractivity (Wildman–Crippen MR) is 91.0 cm³/mol. The second-order valence-electron chi connectivity index (χ2n) is 5.55. The zero-order valence-electron chi connectivity index (χ0n) is 13.6. The molecule has 0 fully saturated rings. The maximum atomic E-state index is 12.9. The lowest BCUT2D eigenvalue weighted by atomic mass is 10.1. The number of benzene rings is 2. The lowest BCUT2D eigenvalue weighted by Gasteiger charge is -2.01. The van der Waals surface area contributed by atoms with Crippen LogP contribution in [0, 0.1) is 5.82 Å². The predicted octanol–water partition coefficient (Wildman–Crippen LogP) is 2.46. The molecule has 0 aliphatic carbocycles. The molecule has 134 valence electrons. The highest BCUT2D eigenvalue weighted by atomic mass is 32.2. The summed E-state index contributed by atoms with van der Waals surface area (Å²) in [7, 11) is -3.25. The molecule has 0 radical (unpaired) electrons. The first kappa shape index (κ1) is 17.7. The molecule has 1 aromatic heterocycles. The number of amides is 1. The van der Waals surface area contributed by atoms with Gasteiger partial charge in [0.2, 0.25) is 5.89 Å². The van der Waals surface area contributed by atoms with Crippen molar-refractivity contribution >= 4 is 21.8 Å². The Hall–Kier alpha value is -3.07. The number of aromatic nitrogens is 2. The molecule has 2 aromatic carbocycles. The first-order valence-corrected chi connectivity index (χ1v) is 9.39. The molecule has 1 amide bonds. The molecule has 0 saturated heterocycles. The van der Waals surface area contributed by atoms with Gasteiger partial charge in [0.1, 0.15) is 5.82 Å². The molecule has 1 N–H and O–H groups in total. The van der Waals surface area contributed by atoms with E-state index < -0.39 is 21.6 Å². The van der Waals surface area contributed by atoms with Crippen LogP contribution < -0.4 is 5.32 Å². The van der Waals surface area contributed by atoms with Gasteiger partial charge in [0.25, 0.3) is 5.91 Å². The zero-order valence-corrected chi connectivity index (χ0v) is 14.5. The minimum Gasteiger partial charge on any atom is -0.407 e. The van der Waals surface area contributed by atoms with Crippen molar-refractivity contribution in [1.29, 1.82) is 0 Å². The fourth-order valence-corrected chi connectivity index (χ4v) is 2.81. The number of nitrogens with one attached hydrogen (secondary N) is 1. The van der Waals surface area contributed by atoms with Crippen molar-refractivity contribution in [3.8, 4) is 0 Å². The van der Waals surface area contributed by atoms with E-state index in [0.29, 0.717) is 0 Å². The van der Waals surface area contributed by atoms with Gasteiger partial charge in [0.15, 0.2) is 9.84 Å². The summed E-state index contributed by atoms with van der Waals surface area (Å²) in [6.45, 7) is 0. The third kappa shape index (κ3) is 4.31. The molecule has 7 nitrogen and oxygen atoms in total. The third-order valence-corrected chi connectivity index (χ3v) is 4.63. The molecule has 0 spiro atoms. The standard InChI is InChI=1S/C17H14FN3O4S/c1-26(23,24)14-8-2-11(3-9-14)10-15-20-21-17(25-15)19-16(22)12-4-6-13(18)7-5-12/h2-9H,10H2,1H3,(H,19,21,22). The fraction of sp³-hybridized carbons (Fsp3) is 0.118. The van der Waals surface area contributed by atoms with Gasteiger partial charge in [-0.2, -0.15) is 0 Å². The van der Waals surface area contributed by atoms with Crippen LogP contribution in [0.1, 0.15) is 21.8 Å². The highest BCUT2D eigenvalue weighted by Gasteiger charge is 2.13. The summed E-state index contributed by atoms with van der Waals surface area (Å²) in [6.07, 6.45) is 1.42. The number of carbonyl (C=O) groups excluding carboxylic acids is 1. The van der Waals surface area contributed by atoms with E-state index in [2.05, 4.69) is 15.5 Å². The second kappa shape index (κ2) is 7.04.